The van der Waals surface area contributed by atoms with Crippen molar-refractivity contribution >= 4 is 11.8 Å². The standard InChI is InChI=1S/C22H30O4S/c1-14-9-10-18-15(2)19(27-13-16-7-5-4-6-8-16)23-20-22(18)17(14)11-12-21(3,24-20)25-26-22/h4-8,14-15,17-20H,9-13H2,1-3H3/t14-,15-,17+,18+,19-,20-,21?,22-/m1/s1. The second-order valence-corrected chi connectivity index (χ2v) is 10.2. The van der Waals surface area contributed by atoms with Crippen molar-refractivity contribution in [1.29, 1.82) is 0 Å². The molecule has 1 aromatic rings. The van der Waals surface area contributed by atoms with Gasteiger partial charge in [0.05, 0.1) is 0 Å². The molecule has 0 amide bonds. The number of hydrogen-bond donors (Lipinski definition) is 0. The van der Waals surface area contributed by atoms with Crippen molar-refractivity contribution in [3.05, 3.63) is 35.9 Å². The summed E-state index contributed by atoms with van der Waals surface area (Å²) in [6.07, 6.45) is 4.03. The van der Waals surface area contributed by atoms with E-state index in [1.807, 2.05) is 18.7 Å². The highest BCUT2D eigenvalue weighted by Gasteiger charge is 2.69. The van der Waals surface area contributed by atoms with Crippen LogP contribution in [0, 0.1) is 23.7 Å². The molecule has 4 heterocycles. The van der Waals surface area contributed by atoms with E-state index in [1.165, 1.54) is 12.0 Å². The molecule has 2 bridgehead atoms. The first-order valence-electron chi connectivity index (χ1n) is 10.4. The van der Waals surface area contributed by atoms with E-state index < -0.39 is 11.4 Å². The molecule has 5 fully saturated rings. The van der Waals surface area contributed by atoms with E-state index in [0.717, 1.165) is 25.0 Å². The van der Waals surface area contributed by atoms with Crippen LogP contribution in [0.4, 0.5) is 0 Å². The summed E-state index contributed by atoms with van der Waals surface area (Å²) in [7, 11) is 0. The Labute approximate surface area is 166 Å². The van der Waals surface area contributed by atoms with Crippen LogP contribution in [0.25, 0.3) is 0 Å². The van der Waals surface area contributed by atoms with Crippen molar-refractivity contribution in [1.82, 2.24) is 0 Å². The third-order valence-corrected chi connectivity index (χ3v) is 8.72. The monoisotopic (exact) mass is 390 g/mol. The predicted octanol–water partition coefficient (Wildman–Crippen LogP) is 5.13. The summed E-state index contributed by atoms with van der Waals surface area (Å²) in [6, 6.07) is 10.6. The smallest absolute Gasteiger partial charge is 0.201 e. The number of rotatable bonds is 3. The highest BCUT2D eigenvalue weighted by Crippen LogP contribution is 2.61. The highest BCUT2D eigenvalue weighted by atomic mass is 32.2. The van der Waals surface area contributed by atoms with Gasteiger partial charge < -0.3 is 9.47 Å². The minimum Gasteiger partial charge on any atom is -0.335 e. The van der Waals surface area contributed by atoms with Crippen molar-refractivity contribution in [2.24, 2.45) is 23.7 Å². The molecular formula is C22H30O4S. The van der Waals surface area contributed by atoms with Crippen molar-refractivity contribution in [3.8, 4) is 0 Å². The number of hydrogen-bond acceptors (Lipinski definition) is 5. The summed E-state index contributed by atoms with van der Waals surface area (Å²) in [6.45, 7) is 6.68. The number of ether oxygens (including phenoxy) is 2. The molecule has 4 saturated heterocycles. The Morgan fingerprint density at radius 3 is 2.67 bits per heavy atom. The van der Waals surface area contributed by atoms with E-state index in [1.54, 1.807) is 0 Å². The molecule has 1 spiro atoms. The fourth-order valence-corrected chi connectivity index (χ4v) is 7.04. The molecule has 148 valence electrons. The summed E-state index contributed by atoms with van der Waals surface area (Å²) in [5, 5.41) is 0. The molecule has 0 radical (unpaired) electrons. The molecule has 4 aliphatic heterocycles. The molecule has 1 saturated carbocycles. The van der Waals surface area contributed by atoms with E-state index in [0.29, 0.717) is 23.7 Å². The number of thioether (sulfide) groups is 1. The molecule has 1 aromatic carbocycles. The first-order valence-corrected chi connectivity index (χ1v) is 11.4. The Bertz CT molecular complexity index is 684. The van der Waals surface area contributed by atoms with E-state index in [2.05, 4.69) is 44.2 Å². The van der Waals surface area contributed by atoms with Crippen LogP contribution < -0.4 is 0 Å². The van der Waals surface area contributed by atoms with Crippen LogP contribution in [0.5, 0.6) is 0 Å². The third-order valence-electron chi connectivity index (χ3n) is 7.35. The molecule has 0 aromatic heterocycles. The first-order chi connectivity index (χ1) is 13.0. The fraction of sp³-hybridized carbons (Fsp3) is 0.727. The van der Waals surface area contributed by atoms with Crippen molar-refractivity contribution < 1.29 is 19.2 Å². The summed E-state index contributed by atoms with van der Waals surface area (Å²) in [5.41, 5.74) is 1.01. The predicted molar refractivity (Wildman–Crippen MR) is 105 cm³/mol. The molecule has 0 N–H and O–H groups in total. The van der Waals surface area contributed by atoms with Gasteiger partial charge in [0.15, 0.2) is 11.9 Å². The maximum absolute atomic E-state index is 6.61. The maximum Gasteiger partial charge on any atom is 0.201 e. The van der Waals surface area contributed by atoms with Gasteiger partial charge in [-0.1, -0.05) is 44.2 Å². The van der Waals surface area contributed by atoms with Crippen molar-refractivity contribution in [2.75, 3.05) is 0 Å². The third kappa shape index (κ3) is 2.89. The lowest BCUT2D eigenvalue weighted by molar-refractivity contribution is -0.568. The molecule has 5 heteroatoms. The topological polar surface area (TPSA) is 36.9 Å². The van der Waals surface area contributed by atoms with E-state index in [4.69, 9.17) is 19.2 Å². The van der Waals surface area contributed by atoms with Gasteiger partial charge in [0, 0.05) is 18.1 Å². The van der Waals surface area contributed by atoms with Gasteiger partial charge in [-0.3, -0.25) is 0 Å². The Morgan fingerprint density at radius 1 is 1.04 bits per heavy atom. The summed E-state index contributed by atoms with van der Waals surface area (Å²) in [4.78, 5) is 12.1. The lowest BCUT2D eigenvalue weighted by Crippen LogP contribution is -2.70. The van der Waals surface area contributed by atoms with Crippen LogP contribution in [0.3, 0.4) is 0 Å². The van der Waals surface area contributed by atoms with E-state index >= 15 is 0 Å². The zero-order valence-electron chi connectivity index (χ0n) is 16.4. The molecule has 5 aliphatic rings. The van der Waals surface area contributed by atoms with Crippen molar-refractivity contribution in [2.45, 2.75) is 75.3 Å². The summed E-state index contributed by atoms with van der Waals surface area (Å²) < 4.78 is 13.0. The van der Waals surface area contributed by atoms with Crippen LogP contribution >= 0.6 is 11.8 Å². The molecule has 1 aliphatic carbocycles. The molecule has 6 rings (SSSR count). The Kier molecular flexibility index (Phi) is 4.60. The fourth-order valence-electron chi connectivity index (χ4n) is 5.82. The van der Waals surface area contributed by atoms with E-state index in [9.17, 15) is 0 Å². The van der Waals surface area contributed by atoms with E-state index in [-0.39, 0.29) is 11.7 Å². The SMILES string of the molecule is C[C@H]1[C@@H](SCc2ccccc2)O[C@@H]2OC3(C)CC[C@H]4[C@H](C)CC[C@@H]1[C@@]24OO3. The van der Waals surface area contributed by atoms with Crippen LogP contribution in [-0.2, 0) is 25.0 Å². The molecular weight excluding hydrogens is 360 g/mol. The van der Waals surface area contributed by atoms with Gasteiger partial charge in [-0.15, -0.1) is 11.8 Å². The Hall–Kier alpha value is -0.590. The Morgan fingerprint density at radius 2 is 1.85 bits per heavy atom. The minimum absolute atomic E-state index is 0.117. The van der Waals surface area contributed by atoms with Crippen LogP contribution in [0.2, 0.25) is 0 Å². The minimum atomic E-state index is -0.688. The molecule has 8 atom stereocenters. The Balaban J connectivity index is 1.43. The summed E-state index contributed by atoms with van der Waals surface area (Å²) in [5.74, 6) is 2.13. The molecule has 4 nitrogen and oxygen atoms in total. The zero-order valence-corrected chi connectivity index (χ0v) is 17.2. The average molecular weight is 391 g/mol. The van der Waals surface area contributed by atoms with Gasteiger partial charge in [-0.2, -0.15) is 0 Å². The molecule has 1 unspecified atom stereocenters. The largest absolute Gasteiger partial charge is 0.335 e. The highest BCUT2D eigenvalue weighted by molar-refractivity contribution is 7.99. The maximum atomic E-state index is 6.61. The zero-order chi connectivity index (χ0) is 18.6. The quantitative estimate of drug-likeness (QED) is 0.669. The lowest BCUT2D eigenvalue weighted by Gasteiger charge is -2.60. The lowest BCUT2D eigenvalue weighted by atomic mass is 9.58. The number of fused-ring (bicyclic) bond motifs is 2. The van der Waals surface area contributed by atoms with Crippen molar-refractivity contribution in [3.63, 3.8) is 0 Å². The number of benzene rings is 1. The van der Waals surface area contributed by atoms with Crippen LogP contribution in [-0.4, -0.2) is 23.1 Å². The average Bonchev–Trinajstić information content (AvgIpc) is 2.90. The normalized spacial score (nSPS) is 48.7. The van der Waals surface area contributed by atoms with Gasteiger partial charge in [0.2, 0.25) is 5.79 Å². The van der Waals surface area contributed by atoms with Crippen LogP contribution in [0.15, 0.2) is 30.3 Å². The second-order valence-electron chi connectivity index (χ2n) is 9.07. The van der Waals surface area contributed by atoms with Gasteiger partial charge in [0.1, 0.15) is 5.44 Å². The first kappa shape index (κ1) is 18.4. The van der Waals surface area contributed by atoms with Gasteiger partial charge in [-0.05, 0) is 49.5 Å². The van der Waals surface area contributed by atoms with Gasteiger partial charge in [0.25, 0.3) is 0 Å². The second kappa shape index (κ2) is 6.74. The van der Waals surface area contributed by atoms with Gasteiger partial charge >= 0.3 is 0 Å². The molecule has 27 heavy (non-hydrogen) atoms. The van der Waals surface area contributed by atoms with Gasteiger partial charge in [-0.25, -0.2) is 9.78 Å². The summed E-state index contributed by atoms with van der Waals surface area (Å²) >= 11 is 1.89. The van der Waals surface area contributed by atoms with Crippen LogP contribution in [0.1, 0.15) is 52.0 Å².